The number of likely N-dealkylation sites (N-methyl/N-ethyl adjacent to an activating group) is 1. The summed E-state index contributed by atoms with van der Waals surface area (Å²) in [6.45, 7) is 11.5. The van der Waals surface area contributed by atoms with Crippen molar-refractivity contribution >= 4 is 5.91 Å². The van der Waals surface area contributed by atoms with Gasteiger partial charge in [0.2, 0.25) is 5.82 Å². The number of nitrogens with one attached hydrogen (secondary N) is 1. The molecule has 0 aliphatic carbocycles. The average Bonchev–Trinajstić information content (AvgIpc) is 3.27. The minimum Gasteiger partial charge on any atom is -0.349 e. The Kier molecular flexibility index (Phi) is 5.44. The summed E-state index contributed by atoms with van der Waals surface area (Å²) in [6.07, 6.45) is 1.08. The van der Waals surface area contributed by atoms with Gasteiger partial charge in [0.15, 0.2) is 0 Å². The first-order valence-corrected chi connectivity index (χ1v) is 10.6. The van der Waals surface area contributed by atoms with Crippen molar-refractivity contribution < 1.29 is 4.79 Å². The van der Waals surface area contributed by atoms with Gasteiger partial charge in [0.05, 0.1) is 12.1 Å². The molecule has 156 valence electrons. The number of carbonyl (C=O) groups is 1. The topological polar surface area (TPSA) is 66.3 Å². The molecule has 29 heavy (non-hydrogen) atoms. The highest BCUT2D eigenvalue weighted by atomic mass is 16.2. The Hall–Kier alpha value is -2.25. The minimum atomic E-state index is -0.119. The van der Waals surface area contributed by atoms with Crippen molar-refractivity contribution in [3.8, 4) is 0 Å². The zero-order chi connectivity index (χ0) is 20.6. The van der Waals surface area contributed by atoms with E-state index in [1.807, 2.05) is 4.57 Å². The third-order valence-corrected chi connectivity index (χ3v) is 6.41. The first kappa shape index (κ1) is 20.0. The van der Waals surface area contributed by atoms with Crippen molar-refractivity contribution in [1.82, 2.24) is 29.9 Å². The number of benzene rings is 1. The van der Waals surface area contributed by atoms with Crippen LogP contribution in [0.4, 0.5) is 0 Å². The van der Waals surface area contributed by atoms with Gasteiger partial charge in [0, 0.05) is 32.7 Å². The lowest BCUT2D eigenvalue weighted by Gasteiger charge is -2.42. The van der Waals surface area contributed by atoms with Crippen LogP contribution in [0.3, 0.4) is 0 Å². The van der Waals surface area contributed by atoms with Crippen LogP contribution < -0.4 is 5.32 Å². The summed E-state index contributed by atoms with van der Waals surface area (Å²) >= 11 is 0. The maximum atomic E-state index is 12.7. The lowest BCUT2D eigenvalue weighted by molar-refractivity contribution is 0.0648. The lowest BCUT2D eigenvalue weighted by Crippen LogP contribution is -2.55. The predicted molar refractivity (Wildman–Crippen MR) is 112 cm³/mol. The van der Waals surface area contributed by atoms with Gasteiger partial charge >= 0.3 is 0 Å². The molecule has 1 N–H and O–H groups in total. The van der Waals surface area contributed by atoms with Crippen molar-refractivity contribution in [2.45, 2.75) is 52.4 Å². The maximum absolute atomic E-state index is 12.7. The summed E-state index contributed by atoms with van der Waals surface area (Å²) in [7, 11) is 2.17. The van der Waals surface area contributed by atoms with E-state index >= 15 is 0 Å². The molecule has 7 heteroatoms. The van der Waals surface area contributed by atoms with Crippen molar-refractivity contribution in [1.29, 1.82) is 0 Å². The Balaban J connectivity index is 1.50. The van der Waals surface area contributed by atoms with Crippen LogP contribution in [-0.2, 0) is 19.6 Å². The molecule has 1 aromatic carbocycles. The van der Waals surface area contributed by atoms with E-state index in [0.29, 0.717) is 18.3 Å². The number of fused-ring (bicyclic) bond motifs is 1. The molecule has 7 nitrogen and oxygen atoms in total. The summed E-state index contributed by atoms with van der Waals surface area (Å²) < 4.78 is 2.05. The second kappa shape index (κ2) is 7.88. The number of carbonyl (C=O) groups excluding carboxylic acids is 1. The van der Waals surface area contributed by atoms with Crippen LogP contribution in [0, 0.1) is 12.8 Å². The third kappa shape index (κ3) is 3.94. The van der Waals surface area contributed by atoms with Crippen LogP contribution in [0.2, 0.25) is 0 Å². The highest BCUT2D eigenvalue weighted by Crippen LogP contribution is 2.34. The number of rotatable bonds is 5. The second-order valence-corrected chi connectivity index (χ2v) is 9.10. The number of aromatic nitrogens is 3. The largest absolute Gasteiger partial charge is 0.349 e. The molecule has 2 aliphatic rings. The van der Waals surface area contributed by atoms with Gasteiger partial charge in [-0.25, -0.2) is 0 Å². The van der Waals surface area contributed by atoms with E-state index in [2.05, 4.69) is 77.4 Å². The average molecular weight is 397 g/mol. The molecule has 1 atom stereocenters. The molecule has 0 bridgehead atoms. The van der Waals surface area contributed by atoms with E-state index in [4.69, 9.17) is 0 Å². The lowest BCUT2D eigenvalue weighted by atomic mass is 9.94. The van der Waals surface area contributed by atoms with E-state index in [1.165, 1.54) is 11.1 Å². The van der Waals surface area contributed by atoms with Gasteiger partial charge in [-0.05, 0) is 37.4 Å². The van der Waals surface area contributed by atoms with E-state index < -0.39 is 0 Å². The Bertz CT molecular complexity index is 891. The number of aryl methyl sites for hydroxylation is 1. The fraction of sp³-hybridized carbons (Fsp3) is 0.591. The normalized spacial score (nSPS) is 22.4. The number of hydrogen-bond donors (Lipinski definition) is 1. The Labute approximate surface area is 173 Å². The number of amides is 1. The minimum absolute atomic E-state index is 0.0190. The van der Waals surface area contributed by atoms with Gasteiger partial charge in [-0.1, -0.05) is 38.1 Å². The van der Waals surface area contributed by atoms with Crippen molar-refractivity contribution in [3.05, 3.63) is 47.0 Å². The summed E-state index contributed by atoms with van der Waals surface area (Å²) in [6, 6.07) is 8.62. The molecule has 0 saturated carbocycles. The predicted octanol–water partition coefficient (Wildman–Crippen LogP) is 2.06. The van der Waals surface area contributed by atoms with Gasteiger partial charge in [-0.3, -0.25) is 14.6 Å². The van der Waals surface area contributed by atoms with Crippen molar-refractivity contribution in [3.63, 3.8) is 0 Å². The van der Waals surface area contributed by atoms with E-state index in [9.17, 15) is 4.79 Å². The fourth-order valence-corrected chi connectivity index (χ4v) is 4.50. The second-order valence-electron chi connectivity index (χ2n) is 9.10. The molecular weight excluding hydrogens is 364 g/mol. The molecule has 1 saturated heterocycles. The zero-order valence-corrected chi connectivity index (χ0v) is 18.0. The maximum Gasteiger partial charge on any atom is 0.289 e. The van der Waals surface area contributed by atoms with E-state index in [1.54, 1.807) is 0 Å². The van der Waals surface area contributed by atoms with Crippen LogP contribution >= 0.6 is 0 Å². The molecule has 0 unspecified atom stereocenters. The monoisotopic (exact) mass is 396 g/mol. The van der Waals surface area contributed by atoms with Crippen LogP contribution in [0.1, 0.15) is 47.8 Å². The molecule has 4 rings (SSSR count). The fourth-order valence-electron chi connectivity index (χ4n) is 4.50. The quantitative estimate of drug-likeness (QED) is 0.838. The van der Waals surface area contributed by atoms with Gasteiger partial charge in [0.25, 0.3) is 5.91 Å². The molecule has 0 radical (unpaired) electrons. The van der Waals surface area contributed by atoms with Crippen molar-refractivity contribution in [2.24, 2.45) is 5.92 Å². The SMILES string of the molecule is Cc1ccccc1CN1CC[C@]2(C1)Cn1c(nnc1C(=O)NCC(C)C)CN2C. The molecule has 1 spiro atoms. The summed E-state index contributed by atoms with van der Waals surface area (Å²) in [5, 5.41) is 11.5. The van der Waals surface area contributed by atoms with Crippen LogP contribution in [-0.4, -0.2) is 62.7 Å². The highest BCUT2D eigenvalue weighted by Gasteiger charge is 2.46. The van der Waals surface area contributed by atoms with Crippen LogP contribution in [0.5, 0.6) is 0 Å². The molecule has 1 fully saturated rings. The molecule has 2 aromatic rings. The van der Waals surface area contributed by atoms with Crippen molar-refractivity contribution in [2.75, 3.05) is 26.7 Å². The highest BCUT2D eigenvalue weighted by molar-refractivity contribution is 5.90. The smallest absolute Gasteiger partial charge is 0.289 e. The standard InChI is InChI=1S/C22H32N6O/c1-16(2)11-23-21(29)20-25-24-19-13-26(4)22(15-28(19)20)9-10-27(14-22)12-18-8-6-5-7-17(18)3/h5-8,16H,9-15H2,1-4H3,(H,23,29)/t22-/m0/s1. The molecule has 3 heterocycles. The molecule has 1 amide bonds. The Morgan fingerprint density at radius 1 is 1.24 bits per heavy atom. The number of hydrogen-bond acceptors (Lipinski definition) is 5. The van der Waals surface area contributed by atoms with Gasteiger partial charge in [-0.15, -0.1) is 10.2 Å². The first-order valence-electron chi connectivity index (χ1n) is 10.6. The first-order chi connectivity index (χ1) is 13.9. The van der Waals surface area contributed by atoms with Gasteiger partial charge in [-0.2, -0.15) is 0 Å². The number of likely N-dealkylation sites (tertiary alicyclic amines) is 1. The van der Waals surface area contributed by atoms with E-state index in [0.717, 1.165) is 45.0 Å². The third-order valence-electron chi connectivity index (χ3n) is 6.41. The van der Waals surface area contributed by atoms with Gasteiger partial charge < -0.3 is 9.88 Å². The summed E-state index contributed by atoms with van der Waals surface area (Å²) in [5.74, 6) is 1.62. The number of nitrogens with zero attached hydrogens (tertiary/aromatic N) is 5. The van der Waals surface area contributed by atoms with Crippen LogP contribution in [0.15, 0.2) is 24.3 Å². The Morgan fingerprint density at radius 2 is 2.03 bits per heavy atom. The van der Waals surface area contributed by atoms with Gasteiger partial charge in [0.1, 0.15) is 5.82 Å². The molecule has 1 aromatic heterocycles. The Morgan fingerprint density at radius 3 is 2.79 bits per heavy atom. The molecular formula is C22H32N6O. The molecule has 2 aliphatic heterocycles. The zero-order valence-electron chi connectivity index (χ0n) is 18.0. The summed E-state index contributed by atoms with van der Waals surface area (Å²) in [4.78, 5) is 17.6. The summed E-state index contributed by atoms with van der Waals surface area (Å²) in [5.41, 5.74) is 2.75. The van der Waals surface area contributed by atoms with E-state index in [-0.39, 0.29) is 11.4 Å². The van der Waals surface area contributed by atoms with Crippen LogP contribution in [0.25, 0.3) is 0 Å².